The van der Waals surface area contributed by atoms with Gasteiger partial charge in [0.15, 0.2) is 0 Å². The van der Waals surface area contributed by atoms with E-state index in [9.17, 15) is 9.59 Å². The number of benzene rings is 2. The number of nitrogens with zero attached hydrogens (tertiary/aromatic N) is 1. The lowest BCUT2D eigenvalue weighted by molar-refractivity contribution is -0.140. The molecule has 2 amide bonds. The summed E-state index contributed by atoms with van der Waals surface area (Å²) in [5.74, 6) is -0.175. The maximum absolute atomic E-state index is 13.2. The molecule has 0 spiro atoms. The summed E-state index contributed by atoms with van der Waals surface area (Å²) in [4.78, 5) is 27.4. The standard InChI is InChI=1S/C24H32N2O2/c1-16(2)25-24(28)20(6)26(15-21-10-7-17(3)8-11-21)23(27)14-22-12-9-18(4)19(5)13-22/h7-13,16,20H,14-15H2,1-6H3,(H,25,28)/t20-/m0/s1. The molecule has 0 aliphatic heterocycles. The quantitative estimate of drug-likeness (QED) is 0.786. The van der Waals surface area contributed by atoms with Gasteiger partial charge in [-0.2, -0.15) is 0 Å². The van der Waals surface area contributed by atoms with Crippen LogP contribution in [0.25, 0.3) is 0 Å². The van der Waals surface area contributed by atoms with Crippen LogP contribution in [0.2, 0.25) is 0 Å². The number of amides is 2. The second-order valence-corrected chi connectivity index (χ2v) is 7.94. The Morgan fingerprint density at radius 1 is 0.893 bits per heavy atom. The summed E-state index contributed by atoms with van der Waals surface area (Å²) >= 11 is 0. The van der Waals surface area contributed by atoms with E-state index in [-0.39, 0.29) is 24.3 Å². The van der Waals surface area contributed by atoms with Gasteiger partial charge in [-0.3, -0.25) is 9.59 Å². The van der Waals surface area contributed by atoms with Crippen LogP contribution in [-0.2, 0) is 22.6 Å². The highest BCUT2D eigenvalue weighted by atomic mass is 16.2. The van der Waals surface area contributed by atoms with Gasteiger partial charge < -0.3 is 10.2 Å². The van der Waals surface area contributed by atoms with E-state index >= 15 is 0 Å². The number of nitrogens with one attached hydrogen (secondary N) is 1. The topological polar surface area (TPSA) is 49.4 Å². The van der Waals surface area contributed by atoms with Crippen molar-refractivity contribution < 1.29 is 9.59 Å². The van der Waals surface area contributed by atoms with Crippen molar-refractivity contribution in [3.8, 4) is 0 Å². The summed E-state index contributed by atoms with van der Waals surface area (Å²) in [6, 6.07) is 13.7. The monoisotopic (exact) mass is 380 g/mol. The van der Waals surface area contributed by atoms with Gasteiger partial charge in [0, 0.05) is 12.6 Å². The van der Waals surface area contributed by atoms with E-state index in [1.54, 1.807) is 11.8 Å². The molecular formula is C24H32N2O2. The van der Waals surface area contributed by atoms with Gasteiger partial charge in [0.1, 0.15) is 6.04 Å². The van der Waals surface area contributed by atoms with E-state index in [1.807, 2.05) is 64.1 Å². The van der Waals surface area contributed by atoms with E-state index in [0.29, 0.717) is 6.54 Å². The smallest absolute Gasteiger partial charge is 0.242 e. The molecule has 0 saturated heterocycles. The Balaban J connectivity index is 2.24. The minimum atomic E-state index is -0.539. The van der Waals surface area contributed by atoms with Gasteiger partial charge in [0.05, 0.1) is 6.42 Å². The second kappa shape index (κ2) is 9.54. The molecule has 1 atom stereocenters. The first-order chi connectivity index (χ1) is 13.2. The molecule has 2 rings (SSSR count). The summed E-state index contributed by atoms with van der Waals surface area (Å²) in [5, 5.41) is 2.92. The molecular weight excluding hydrogens is 348 g/mol. The summed E-state index contributed by atoms with van der Waals surface area (Å²) in [7, 11) is 0. The van der Waals surface area contributed by atoms with E-state index < -0.39 is 6.04 Å². The van der Waals surface area contributed by atoms with Crippen molar-refractivity contribution in [3.63, 3.8) is 0 Å². The van der Waals surface area contributed by atoms with Crippen LogP contribution >= 0.6 is 0 Å². The third kappa shape index (κ3) is 5.95. The zero-order valence-electron chi connectivity index (χ0n) is 17.9. The molecule has 4 heteroatoms. The first kappa shape index (κ1) is 21.7. The summed E-state index contributed by atoms with van der Waals surface area (Å²) in [5.41, 5.74) is 5.53. The predicted octanol–water partition coefficient (Wildman–Crippen LogP) is 4.10. The Kier molecular flexibility index (Phi) is 7.38. The Labute approximate surface area is 169 Å². The zero-order chi connectivity index (χ0) is 20.8. The first-order valence-corrected chi connectivity index (χ1v) is 9.89. The molecule has 0 aliphatic rings. The Hall–Kier alpha value is -2.62. The lowest BCUT2D eigenvalue weighted by atomic mass is 10.0. The Morgan fingerprint density at radius 3 is 2.07 bits per heavy atom. The van der Waals surface area contributed by atoms with Gasteiger partial charge in [-0.1, -0.05) is 48.0 Å². The van der Waals surface area contributed by atoms with E-state index in [0.717, 1.165) is 11.1 Å². The fourth-order valence-corrected chi connectivity index (χ4v) is 3.07. The van der Waals surface area contributed by atoms with Crippen molar-refractivity contribution in [2.45, 2.75) is 66.6 Å². The molecule has 150 valence electrons. The second-order valence-electron chi connectivity index (χ2n) is 7.94. The molecule has 28 heavy (non-hydrogen) atoms. The van der Waals surface area contributed by atoms with Crippen LogP contribution in [0.3, 0.4) is 0 Å². The maximum atomic E-state index is 13.2. The van der Waals surface area contributed by atoms with Crippen LogP contribution in [0.15, 0.2) is 42.5 Å². The Bertz CT molecular complexity index is 825. The summed E-state index contributed by atoms with van der Waals surface area (Å²) in [6.45, 7) is 12.2. The largest absolute Gasteiger partial charge is 0.352 e. The van der Waals surface area contributed by atoms with Crippen molar-refractivity contribution in [2.75, 3.05) is 0 Å². The van der Waals surface area contributed by atoms with Crippen molar-refractivity contribution in [2.24, 2.45) is 0 Å². The molecule has 2 aromatic carbocycles. The fourth-order valence-electron chi connectivity index (χ4n) is 3.07. The van der Waals surface area contributed by atoms with Gasteiger partial charge in [-0.15, -0.1) is 0 Å². The summed E-state index contributed by atoms with van der Waals surface area (Å²) in [6.07, 6.45) is 0.284. The minimum absolute atomic E-state index is 0.0334. The molecule has 0 radical (unpaired) electrons. The molecule has 0 heterocycles. The SMILES string of the molecule is Cc1ccc(CN(C(=O)Cc2ccc(C)c(C)c2)[C@@H](C)C(=O)NC(C)C)cc1. The average molecular weight is 381 g/mol. The van der Waals surface area contributed by atoms with Crippen molar-refractivity contribution >= 4 is 11.8 Å². The zero-order valence-corrected chi connectivity index (χ0v) is 17.9. The first-order valence-electron chi connectivity index (χ1n) is 9.89. The third-order valence-electron chi connectivity index (χ3n) is 5.00. The normalized spacial score (nSPS) is 12.0. The van der Waals surface area contributed by atoms with Gasteiger partial charge in [0.2, 0.25) is 11.8 Å². The lowest BCUT2D eigenvalue weighted by Crippen LogP contribution is -2.49. The van der Waals surface area contributed by atoms with Crippen LogP contribution in [0.1, 0.15) is 48.6 Å². The van der Waals surface area contributed by atoms with Crippen LogP contribution in [0.5, 0.6) is 0 Å². The Morgan fingerprint density at radius 2 is 1.50 bits per heavy atom. The minimum Gasteiger partial charge on any atom is -0.352 e. The van der Waals surface area contributed by atoms with E-state index in [4.69, 9.17) is 0 Å². The fraction of sp³-hybridized carbons (Fsp3) is 0.417. The van der Waals surface area contributed by atoms with Gasteiger partial charge in [0.25, 0.3) is 0 Å². The number of carbonyl (C=O) groups is 2. The van der Waals surface area contributed by atoms with E-state index in [2.05, 4.69) is 18.3 Å². The molecule has 0 aliphatic carbocycles. The number of carbonyl (C=O) groups excluding carboxylic acids is 2. The van der Waals surface area contributed by atoms with Crippen molar-refractivity contribution in [3.05, 3.63) is 70.3 Å². The number of rotatable bonds is 7. The molecule has 0 aromatic heterocycles. The van der Waals surface area contributed by atoms with Crippen LogP contribution < -0.4 is 5.32 Å². The molecule has 0 saturated carbocycles. The van der Waals surface area contributed by atoms with Crippen molar-refractivity contribution in [1.29, 1.82) is 0 Å². The number of hydrogen-bond acceptors (Lipinski definition) is 2. The lowest BCUT2D eigenvalue weighted by Gasteiger charge is -2.29. The highest BCUT2D eigenvalue weighted by molar-refractivity contribution is 5.88. The van der Waals surface area contributed by atoms with E-state index in [1.165, 1.54) is 16.7 Å². The molecule has 0 unspecified atom stereocenters. The van der Waals surface area contributed by atoms with Crippen LogP contribution in [0.4, 0.5) is 0 Å². The molecule has 4 nitrogen and oxygen atoms in total. The molecule has 0 fully saturated rings. The van der Waals surface area contributed by atoms with Gasteiger partial charge >= 0.3 is 0 Å². The maximum Gasteiger partial charge on any atom is 0.242 e. The number of aryl methyl sites for hydroxylation is 3. The van der Waals surface area contributed by atoms with Gasteiger partial charge in [-0.25, -0.2) is 0 Å². The molecule has 1 N–H and O–H groups in total. The molecule has 0 bridgehead atoms. The number of hydrogen-bond donors (Lipinski definition) is 1. The van der Waals surface area contributed by atoms with Crippen LogP contribution in [-0.4, -0.2) is 28.8 Å². The predicted molar refractivity (Wildman–Crippen MR) is 114 cm³/mol. The summed E-state index contributed by atoms with van der Waals surface area (Å²) < 4.78 is 0. The van der Waals surface area contributed by atoms with Crippen LogP contribution in [0, 0.1) is 20.8 Å². The van der Waals surface area contributed by atoms with Gasteiger partial charge in [-0.05, 0) is 63.8 Å². The third-order valence-corrected chi connectivity index (χ3v) is 5.00. The van der Waals surface area contributed by atoms with Crippen molar-refractivity contribution in [1.82, 2.24) is 10.2 Å². The average Bonchev–Trinajstić information content (AvgIpc) is 2.63. The molecule has 2 aromatic rings. The highest BCUT2D eigenvalue weighted by Crippen LogP contribution is 2.15. The highest BCUT2D eigenvalue weighted by Gasteiger charge is 2.26.